The van der Waals surface area contributed by atoms with Crippen molar-refractivity contribution in [3.05, 3.63) is 57.6 Å². The maximum Gasteiger partial charge on any atom is 0.227 e. The average molecular weight is 340 g/mol. The highest BCUT2D eigenvalue weighted by Crippen LogP contribution is 2.26. The molecular formula is C16H15Cl2NO3. The Bertz CT molecular complexity index is 704. The lowest BCUT2D eigenvalue weighted by molar-refractivity contribution is -0.129. The first-order chi connectivity index (χ1) is 10.4. The summed E-state index contributed by atoms with van der Waals surface area (Å²) in [5.74, 6) is -0.512. The van der Waals surface area contributed by atoms with E-state index in [1.54, 1.807) is 31.3 Å². The zero-order chi connectivity index (χ0) is 16.3. The third kappa shape index (κ3) is 4.06. The topological polar surface area (TPSA) is 60.8 Å². The van der Waals surface area contributed by atoms with Crippen molar-refractivity contribution in [3.8, 4) is 11.5 Å². The smallest absolute Gasteiger partial charge is 0.227 e. The van der Waals surface area contributed by atoms with Crippen molar-refractivity contribution in [2.45, 2.75) is 13.0 Å². The number of hydrogen-bond acceptors (Lipinski definition) is 3. The van der Waals surface area contributed by atoms with Gasteiger partial charge in [-0.05, 0) is 35.4 Å². The fourth-order valence-electron chi connectivity index (χ4n) is 1.99. The summed E-state index contributed by atoms with van der Waals surface area (Å²) in [7, 11) is 1.66. The lowest BCUT2D eigenvalue weighted by Gasteiger charge is -2.18. The summed E-state index contributed by atoms with van der Waals surface area (Å²) in [6, 6.07) is 9.47. The van der Waals surface area contributed by atoms with Crippen molar-refractivity contribution < 1.29 is 15.0 Å². The molecule has 0 bridgehead atoms. The first kappa shape index (κ1) is 16.5. The second kappa shape index (κ2) is 6.90. The zero-order valence-corrected chi connectivity index (χ0v) is 13.4. The average Bonchev–Trinajstić information content (AvgIpc) is 2.45. The standard InChI is InChI=1S/C16H15Cl2NO3/c1-19(9-10-2-5-14(20)15(21)6-10)16(22)7-11-3-4-12(17)8-13(11)18/h2-6,8,20-21H,7,9H2,1H3. The van der Waals surface area contributed by atoms with E-state index in [1.807, 2.05) is 0 Å². The summed E-state index contributed by atoms with van der Waals surface area (Å²) in [6.07, 6.45) is 0.163. The van der Waals surface area contributed by atoms with Crippen LogP contribution >= 0.6 is 23.2 Å². The fourth-order valence-corrected chi connectivity index (χ4v) is 2.47. The SMILES string of the molecule is CN(Cc1ccc(O)c(O)c1)C(=O)Cc1ccc(Cl)cc1Cl. The van der Waals surface area contributed by atoms with E-state index in [4.69, 9.17) is 23.2 Å². The molecule has 0 fully saturated rings. The number of phenols is 2. The largest absolute Gasteiger partial charge is 0.504 e. The van der Waals surface area contributed by atoms with Crippen LogP contribution in [0.3, 0.4) is 0 Å². The minimum absolute atomic E-state index is 0.114. The molecule has 0 aliphatic heterocycles. The number of carbonyl (C=O) groups is 1. The van der Waals surface area contributed by atoms with Crippen LogP contribution in [-0.2, 0) is 17.8 Å². The van der Waals surface area contributed by atoms with Gasteiger partial charge in [-0.15, -0.1) is 0 Å². The molecule has 1 amide bonds. The monoisotopic (exact) mass is 339 g/mol. The van der Waals surface area contributed by atoms with Gasteiger partial charge < -0.3 is 15.1 Å². The molecule has 0 aliphatic rings. The molecule has 22 heavy (non-hydrogen) atoms. The molecule has 116 valence electrons. The van der Waals surface area contributed by atoms with Crippen LogP contribution in [0.2, 0.25) is 10.0 Å². The van der Waals surface area contributed by atoms with Crippen LogP contribution in [0.15, 0.2) is 36.4 Å². The highest BCUT2D eigenvalue weighted by molar-refractivity contribution is 6.35. The van der Waals surface area contributed by atoms with E-state index in [-0.39, 0.29) is 23.8 Å². The number of likely N-dealkylation sites (N-methyl/N-ethyl adjacent to an activating group) is 1. The molecule has 0 saturated carbocycles. The van der Waals surface area contributed by atoms with Crippen LogP contribution in [-0.4, -0.2) is 28.1 Å². The molecule has 2 aromatic rings. The Morgan fingerprint density at radius 2 is 1.82 bits per heavy atom. The van der Waals surface area contributed by atoms with Crippen LogP contribution in [0, 0.1) is 0 Å². The molecule has 0 aromatic heterocycles. The van der Waals surface area contributed by atoms with E-state index in [0.717, 1.165) is 0 Å². The highest BCUT2D eigenvalue weighted by atomic mass is 35.5. The van der Waals surface area contributed by atoms with Gasteiger partial charge in [-0.25, -0.2) is 0 Å². The quantitative estimate of drug-likeness (QED) is 0.836. The summed E-state index contributed by atoms with van der Waals surface area (Å²) in [6.45, 7) is 0.317. The number of aromatic hydroxyl groups is 2. The van der Waals surface area contributed by atoms with E-state index in [1.165, 1.54) is 17.0 Å². The number of amides is 1. The number of halogens is 2. The Morgan fingerprint density at radius 3 is 2.45 bits per heavy atom. The summed E-state index contributed by atoms with van der Waals surface area (Å²) in [4.78, 5) is 13.8. The Labute approximate surface area is 138 Å². The summed E-state index contributed by atoms with van der Waals surface area (Å²) in [5, 5.41) is 19.7. The Morgan fingerprint density at radius 1 is 1.09 bits per heavy atom. The van der Waals surface area contributed by atoms with Gasteiger partial charge >= 0.3 is 0 Å². The van der Waals surface area contributed by atoms with Crippen LogP contribution in [0.5, 0.6) is 11.5 Å². The predicted molar refractivity (Wildman–Crippen MR) is 86.4 cm³/mol. The third-order valence-corrected chi connectivity index (χ3v) is 3.83. The van der Waals surface area contributed by atoms with E-state index in [2.05, 4.69) is 0 Å². The van der Waals surface area contributed by atoms with E-state index in [9.17, 15) is 15.0 Å². The summed E-state index contributed by atoms with van der Waals surface area (Å²) < 4.78 is 0. The van der Waals surface area contributed by atoms with Crippen molar-refractivity contribution in [3.63, 3.8) is 0 Å². The van der Waals surface area contributed by atoms with E-state index >= 15 is 0 Å². The maximum absolute atomic E-state index is 12.2. The molecule has 0 atom stereocenters. The Balaban J connectivity index is 2.04. The van der Waals surface area contributed by atoms with Crippen LogP contribution < -0.4 is 0 Å². The second-order valence-electron chi connectivity index (χ2n) is 4.99. The number of phenolic OH excluding ortho intramolecular Hbond substituents is 2. The molecule has 0 saturated heterocycles. The lowest BCUT2D eigenvalue weighted by Crippen LogP contribution is -2.27. The van der Waals surface area contributed by atoms with Gasteiger partial charge in [0.05, 0.1) is 6.42 Å². The molecule has 0 spiro atoms. The van der Waals surface area contributed by atoms with E-state index in [0.29, 0.717) is 27.7 Å². The number of benzene rings is 2. The lowest BCUT2D eigenvalue weighted by atomic mass is 10.1. The van der Waals surface area contributed by atoms with Gasteiger partial charge in [-0.2, -0.15) is 0 Å². The van der Waals surface area contributed by atoms with Gasteiger partial charge in [0.25, 0.3) is 0 Å². The van der Waals surface area contributed by atoms with Gasteiger partial charge in [-0.1, -0.05) is 35.3 Å². The third-order valence-electron chi connectivity index (χ3n) is 3.24. The van der Waals surface area contributed by atoms with Gasteiger partial charge in [0, 0.05) is 23.6 Å². The summed E-state index contributed by atoms with van der Waals surface area (Å²) >= 11 is 11.9. The van der Waals surface area contributed by atoms with Crippen LogP contribution in [0.4, 0.5) is 0 Å². The van der Waals surface area contributed by atoms with Gasteiger partial charge in [0.2, 0.25) is 5.91 Å². The molecule has 0 radical (unpaired) electrons. The minimum atomic E-state index is -0.209. The molecule has 0 aliphatic carbocycles. The molecule has 0 unspecified atom stereocenters. The predicted octanol–water partition coefficient (Wildman–Crippen LogP) is 3.61. The van der Waals surface area contributed by atoms with Crippen molar-refractivity contribution in [1.82, 2.24) is 4.90 Å². The van der Waals surface area contributed by atoms with Crippen molar-refractivity contribution in [1.29, 1.82) is 0 Å². The van der Waals surface area contributed by atoms with Crippen molar-refractivity contribution in [2.24, 2.45) is 0 Å². The molecule has 6 heteroatoms. The normalized spacial score (nSPS) is 10.5. The van der Waals surface area contributed by atoms with Crippen molar-refractivity contribution in [2.75, 3.05) is 7.05 Å². The molecule has 2 N–H and O–H groups in total. The number of rotatable bonds is 4. The first-order valence-corrected chi connectivity index (χ1v) is 7.31. The molecule has 4 nitrogen and oxygen atoms in total. The van der Waals surface area contributed by atoms with Crippen LogP contribution in [0.1, 0.15) is 11.1 Å². The second-order valence-corrected chi connectivity index (χ2v) is 5.83. The fraction of sp³-hybridized carbons (Fsp3) is 0.188. The summed E-state index contributed by atoms with van der Waals surface area (Å²) in [5.41, 5.74) is 1.42. The molecular weight excluding hydrogens is 325 g/mol. The minimum Gasteiger partial charge on any atom is -0.504 e. The Hall–Kier alpha value is -1.91. The van der Waals surface area contributed by atoms with E-state index < -0.39 is 0 Å². The highest BCUT2D eigenvalue weighted by Gasteiger charge is 2.13. The molecule has 2 rings (SSSR count). The molecule has 2 aromatic carbocycles. The number of hydrogen-bond donors (Lipinski definition) is 2. The van der Waals surface area contributed by atoms with Crippen LogP contribution in [0.25, 0.3) is 0 Å². The zero-order valence-electron chi connectivity index (χ0n) is 11.9. The first-order valence-electron chi connectivity index (χ1n) is 6.55. The number of carbonyl (C=O) groups excluding carboxylic acids is 1. The van der Waals surface area contributed by atoms with Gasteiger partial charge in [0.1, 0.15) is 0 Å². The van der Waals surface area contributed by atoms with Gasteiger partial charge in [0.15, 0.2) is 11.5 Å². The molecule has 0 heterocycles. The Kier molecular flexibility index (Phi) is 5.16. The van der Waals surface area contributed by atoms with Crippen molar-refractivity contribution >= 4 is 29.1 Å². The number of nitrogens with zero attached hydrogens (tertiary/aromatic N) is 1. The van der Waals surface area contributed by atoms with Gasteiger partial charge in [-0.3, -0.25) is 4.79 Å². The maximum atomic E-state index is 12.2.